The van der Waals surface area contributed by atoms with Gasteiger partial charge in [0.25, 0.3) is 0 Å². The van der Waals surface area contributed by atoms with Crippen LogP contribution in [0.1, 0.15) is 22.6 Å². The van der Waals surface area contributed by atoms with Crippen molar-refractivity contribution in [3.63, 3.8) is 0 Å². The van der Waals surface area contributed by atoms with E-state index < -0.39 is 10.0 Å². The van der Waals surface area contributed by atoms with Crippen LogP contribution >= 0.6 is 11.8 Å². The van der Waals surface area contributed by atoms with Crippen molar-refractivity contribution in [2.45, 2.75) is 31.0 Å². The summed E-state index contributed by atoms with van der Waals surface area (Å²) >= 11 is 1.46. The molecule has 7 nitrogen and oxygen atoms in total. The number of hydrogen-bond acceptors (Lipinski definition) is 6. The van der Waals surface area contributed by atoms with E-state index >= 15 is 0 Å². The number of benzene rings is 2. The van der Waals surface area contributed by atoms with Crippen molar-refractivity contribution >= 4 is 33.4 Å². The summed E-state index contributed by atoms with van der Waals surface area (Å²) in [5.74, 6) is 1.51. The van der Waals surface area contributed by atoms with Gasteiger partial charge in [0.1, 0.15) is 5.76 Å². The van der Waals surface area contributed by atoms with Crippen LogP contribution in [0.15, 0.2) is 64.0 Å². The zero-order chi connectivity index (χ0) is 22.4. The van der Waals surface area contributed by atoms with E-state index in [2.05, 4.69) is 10.5 Å². The van der Waals surface area contributed by atoms with Gasteiger partial charge in [-0.3, -0.25) is 4.79 Å². The molecule has 0 bridgehead atoms. The van der Waals surface area contributed by atoms with Crippen LogP contribution in [0.5, 0.6) is 0 Å². The smallest absolute Gasteiger partial charge is 0.243 e. The van der Waals surface area contributed by atoms with Gasteiger partial charge in [0, 0.05) is 30.6 Å². The van der Waals surface area contributed by atoms with Crippen molar-refractivity contribution in [2.24, 2.45) is 0 Å². The number of hydrogen-bond donors (Lipinski definition) is 1. The number of amides is 1. The Labute approximate surface area is 186 Å². The van der Waals surface area contributed by atoms with Gasteiger partial charge in [0.2, 0.25) is 15.9 Å². The maximum Gasteiger partial charge on any atom is 0.243 e. The lowest BCUT2D eigenvalue weighted by Gasteiger charge is -2.17. The Morgan fingerprint density at radius 3 is 2.39 bits per heavy atom. The Morgan fingerprint density at radius 1 is 1.10 bits per heavy atom. The Balaban J connectivity index is 1.54. The van der Waals surface area contributed by atoms with E-state index in [1.54, 1.807) is 19.2 Å². The number of carbonyl (C=O) groups is 1. The van der Waals surface area contributed by atoms with Crippen LogP contribution in [0, 0.1) is 13.8 Å². The summed E-state index contributed by atoms with van der Waals surface area (Å²) < 4.78 is 32.0. The van der Waals surface area contributed by atoms with E-state index in [1.807, 2.05) is 44.2 Å². The van der Waals surface area contributed by atoms with Crippen molar-refractivity contribution in [2.75, 3.05) is 18.1 Å². The van der Waals surface area contributed by atoms with Crippen molar-refractivity contribution in [3.8, 4) is 0 Å². The molecule has 2 aromatic carbocycles. The molecule has 1 N–H and O–H groups in total. The fourth-order valence-corrected chi connectivity index (χ4v) is 5.10. The van der Waals surface area contributed by atoms with E-state index in [0.29, 0.717) is 11.4 Å². The summed E-state index contributed by atoms with van der Waals surface area (Å²) in [6.45, 7) is 4.01. The zero-order valence-corrected chi connectivity index (χ0v) is 19.3. The SMILES string of the molecule is Cc1noc(C)c1CSCC(=O)Nc1ccc(S(=O)(=O)N(C)Cc2ccccc2)cc1. The average molecular weight is 460 g/mol. The number of nitrogens with zero attached hydrogens (tertiary/aromatic N) is 2. The fourth-order valence-electron chi connectivity index (χ4n) is 2.97. The number of thioether (sulfide) groups is 1. The molecule has 0 radical (unpaired) electrons. The van der Waals surface area contributed by atoms with Gasteiger partial charge in [0.15, 0.2) is 0 Å². The van der Waals surface area contributed by atoms with E-state index in [9.17, 15) is 13.2 Å². The number of anilines is 1. The van der Waals surface area contributed by atoms with Crippen molar-refractivity contribution in [3.05, 3.63) is 77.2 Å². The van der Waals surface area contributed by atoms with Crippen LogP contribution in [0.25, 0.3) is 0 Å². The lowest BCUT2D eigenvalue weighted by atomic mass is 10.2. The van der Waals surface area contributed by atoms with Crippen LogP contribution in [0.3, 0.4) is 0 Å². The molecule has 0 aliphatic rings. The summed E-state index contributed by atoms with van der Waals surface area (Å²) in [6, 6.07) is 15.6. The van der Waals surface area contributed by atoms with Gasteiger partial charge in [-0.15, -0.1) is 11.8 Å². The summed E-state index contributed by atoms with van der Waals surface area (Å²) in [5, 5.41) is 6.70. The molecule has 0 aliphatic carbocycles. The largest absolute Gasteiger partial charge is 0.361 e. The van der Waals surface area contributed by atoms with E-state index in [1.165, 1.54) is 28.2 Å². The maximum atomic E-state index is 12.8. The highest BCUT2D eigenvalue weighted by molar-refractivity contribution is 7.99. The van der Waals surface area contributed by atoms with Crippen LogP contribution in [0.2, 0.25) is 0 Å². The second kappa shape index (κ2) is 10.1. The number of nitrogens with one attached hydrogen (secondary N) is 1. The first-order valence-corrected chi connectivity index (χ1v) is 12.3. The molecule has 1 heterocycles. The molecule has 9 heteroatoms. The van der Waals surface area contributed by atoms with Gasteiger partial charge in [0.05, 0.1) is 16.3 Å². The highest BCUT2D eigenvalue weighted by Crippen LogP contribution is 2.21. The van der Waals surface area contributed by atoms with Gasteiger partial charge in [-0.25, -0.2) is 8.42 Å². The third-order valence-electron chi connectivity index (χ3n) is 4.76. The van der Waals surface area contributed by atoms with Gasteiger partial charge >= 0.3 is 0 Å². The van der Waals surface area contributed by atoms with Crippen molar-refractivity contribution in [1.29, 1.82) is 0 Å². The van der Waals surface area contributed by atoms with Crippen LogP contribution in [0.4, 0.5) is 5.69 Å². The lowest BCUT2D eigenvalue weighted by Crippen LogP contribution is -2.26. The molecule has 31 heavy (non-hydrogen) atoms. The molecule has 0 saturated carbocycles. The topological polar surface area (TPSA) is 92.5 Å². The van der Waals surface area contributed by atoms with E-state index in [-0.39, 0.29) is 23.1 Å². The minimum absolute atomic E-state index is 0.159. The van der Waals surface area contributed by atoms with E-state index in [4.69, 9.17) is 4.52 Å². The third-order valence-corrected chi connectivity index (χ3v) is 7.53. The molecule has 164 valence electrons. The minimum Gasteiger partial charge on any atom is -0.361 e. The predicted molar refractivity (Wildman–Crippen MR) is 122 cm³/mol. The first-order valence-electron chi connectivity index (χ1n) is 9.67. The number of sulfonamides is 1. The Kier molecular flexibility index (Phi) is 7.53. The Bertz CT molecular complexity index is 1110. The van der Waals surface area contributed by atoms with Crippen LogP contribution < -0.4 is 5.32 Å². The van der Waals surface area contributed by atoms with Crippen molar-refractivity contribution < 1.29 is 17.7 Å². The minimum atomic E-state index is -3.63. The Hall–Kier alpha value is -2.62. The third kappa shape index (κ3) is 5.96. The van der Waals surface area contributed by atoms with Gasteiger partial charge in [-0.1, -0.05) is 35.5 Å². The highest BCUT2D eigenvalue weighted by atomic mass is 32.2. The molecule has 0 spiro atoms. The second-order valence-electron chi connectivity index (χ2n) is 7.11. The molecule has 1 aromatic heterocycles. The molecule has 0 fully saturated rings. The first-order chi connectivity index (χ1) is 14.8. The summed E-state index contributed by atoms with van der Waals surface area (Å²) in [7, 11) is -2.08. The van der Waals surface area contributed by atoms with Gasteiger partial charge in [-0.05, 0) is 43.7 Å². The number of aromatic nitrogens is 1. The van der Waals surface area contributed by atoms with Gasteiger partial charge < -0.3 is 9.84 Å². The summed E-state index contributed by atoms with van der Waals surface area (Å²) in [5.41, 5.74) is 3.30. The molecule has 1 amide bonds. The molecule has 0 aliphatic heterocycles. The summed E-state index contributed by atoms with van der Waals surface area (Å²) in [6.07, 6.45) is 0. The molecule has 0 unspecified atom stereocenters. The van der Waals surface area contributed by atoms with Crippen LogP contribution in [-0.2, 0) is 27.1 Å². The number of rotatable bonds is 9. The molecule has 3 aromatic rings. The number of carbonyl (C=O) groups excluding carboxylic acids is 1. The first kappa shape index (κ1) is 23.1. The highest BCUT2D eigenvalue weighted by Gasteiger charge is 2.21. The van der Waals surface area contributed by atoms with Gasteiger partial charge in [-0.2, -0.15) is 4.31 Å². The summed E-state index contributed by atoms with van der Waals surface area (Å²) in [4.78, 5) is 12.4. The maximum absolute atomic E-state index is 12.8. The van der Waals surface area contributed by atoms with Crippen molar-refractivity contribution in [1.82, 2.24) is 9.46 Å². The zero-order valence-electron chi connectivity index (χ0n) is 17.7. The molecule has 0 atom stereocenters. The lowest BCUT2D eigenvalue weighted by molar-refractivity contribution is -0.113. The standard InChI is InChI=1S/C22H25N3O4S2/c1-16-21(17(2)29-24-16)14-30-15-22(26)23-19-9-11-20(12-10-19)31(27,28)25(3)13-18-7-5-4-6-8-18/h4-12H,13-15H2,1-3H3,(H,23,26). The average Bonchev–Trinajstić information content (AvgIpc) is 3.07. The fraction of sp³-hybridized carbons (Fsp3) is 0.273. The monoisotopic (exact) mass is 459 g/mol. The second-order valence-corrected chi connectivity index (χ2v) is 10.1. The van der Waals surface area contributed by atoms with Crippen LogP contribution in [-0.4, -0.2) is 36.6 Å². The Morgan fingerprint density at radius 2 is 1.77 bits per heavy atom. The van der Waals surface area contributed by atoms with E-state index in [0.717, 1.165) is 22.6 Å². The molecular weight excluding hydrogens is 434 g/mol. The number of aryl methyl sites for hydroxylation is 2. The quantitative estimate of drug-likeness (QED) is 0.520. The molecular formula is C22H25N3O4S2. The normalized spacial score (nSPS) is 11.6. The molecule has 3 rings (SSSR count). The molecule has 0 saturated heterocycles. The predicted octanol–water partition coefficient (Wildman–Crippen LogP) is 3.98.